The van der Waals surface area contributed by atoms with Gasteiger partial charge >= 0.3 is 0 Å². The van der Waals surface area contributed by atoms with Crippen LogP contribution in [0.15, 0.2) is 24.3 Å². The zero-order chi connectivity index (χ0) is 12.6. The highest BCUT2D eigenvalue weighted by molar-refractivity contribution is 5.94. The second kappa shape index (κ2) is 4.05. The molecule has 1 aromatic heterocycles. The summed E-state index contributed by atoms with van der Waals surface area (Å²) in [5.74, 6) is 0.905. The third-order valence-electron chi connectivity index (χ3n) is 2.84. The van der Waals surface area contributed by atoms with Crippen molar-refractivity contribution < 1.29 is 9.90 Å². The van der Waals surface area contributed by atoms with Gasteiger partial charge in [0.1, 0.15) is 17.3 Å². The molecule has 0 bridgehead atoms. The van der Waals surface area contributed by atoms with Gasteiger partial charge in [-0.15, -0.1) is 0 Å². The summed E-state index contributed by atoms with van der Waals surface area (Å²) in [6, 6.07) is 6.77. The summed E-state index contributed by atoms with van der Waals surface area (Å²) in [7, 11) is 1.87. The van der Waals surface area contributed by atoms with Gasteiger partial charge in [0, 0.05) is 25.2 Å². The van der Waals surface area contributed by atoms with Crippen molar-refractivity contribution in [3.8, 4) is 17.1 Å². The van der Waals surface area contributed by atoms with Crippen LogP contribution in [-0.4, -0.2) is 20.4 Å². The lowest BCUT2D eigenvalue weighted by Crippen LogP contribution is -1.97. The van der Waals surface area contributed by atoms with Crippen LogP contribution in [0.5, 0.6) is 5.75 Å². The number of phenolic OH excluding ortho intramolecular Hbond substituents is 1. The van der Waals surface area contributed by atoms with Crippen LogP contribution in [0.2, 0.25) is 0 Å². The van der Waals surface area contributed by atoms with E-state index in [0.29, 0.717) is 5.69 Å². The van der Waals surface area contributed by atoms with E-state index >= 15 is 0 Å². The van der Waals surface area contributed by atoms with E-state index in [9.17, 15) is 9.90 Å². The van der Waals surface area contributed by atoms with Gasteiger partial charge in [0.05, 0.1) is 0 Å². The minimum Gasteiger partial charge on any atom is -0.508 e. The lowest BCUT2D eigenvalue weighted by molar-refractivity contribution is 0.101. The van der Waals surface area contributed by atoms with E-state index in [1.165, 1.54) is 6.92 Å². The van der Waals surface area contributed by atoms with Crippen LogP contribution >= 0.6 is 0 Å². The molecule has 0 radical (unpaired) electrons. The molecule has 0 unspecified atom stereocenters. The molecule has 2 rings (SSSR count). The van der Waals surface area contributed by atoms with Gasteiger partial charge in [-0.1, -0.05) is 0 Å². The Morgan fingerprint density at radius 1 is 1.29 bits per heavy atom. The summed E-state index contributed by atoms with van der Waals surface area (Å²) < 4.78 is 1.88. The Balaban J connectivity index is 2.56. The highest BCUT2D eigenvalue weighted by atomic mass is 16.3. The number of aromatic hydroxyl groups is 1. The first-order valence-corrected chi connectivity index (χ1v) is 5.34. The zero-order valence-electron chi connectivity index (χ0n) is 10.1. The fraction of sp³-hybridized carbons (Fsp3) is 0.231. The number of aromatic nitrogens is 2. The van der Waals surface area contributed by atoms with Crippen LogP contribution in [0.25, 0.3) is 11.4 Å². The maximum atomic E-state index is 11.4. The highest BCUT2D eigenvalue weighted by Gasteiger charge is 2.15. The van der Waals surface area contributed by atoms with E-state index in [1.54, 1.807) is 24.3 Å². The van der Waals surface area contributed by atoms with Crippen molar-refractivity contribution in [2.75, 3.05) is 0 Å². The van der Waals surface area contributed by atoms with E-state index in [1.807, 2.05) is 18.5 Å². The molecule has 1 N–H and O–H groups in total. The zero-order valence-corrected chi connectivity index (χ0v) is 10.1. The SMILES string of the molecule is CC(=O)c1nc(-c2ccc(O)cc2)n(C)c1C. The third kappa shape index (κ3) is 1.93. The predicted molar refractivity (Wildman–Crippen MR) is 65.1 cm³/mol. The first-order chi connectivity index (χ1) is 8.00. The number of phenols is 1. The maximum Gasteiger partial charge on any atom is 0.179 e. The fourth-order valence-corrected chi connectivity index (χ4v) is 1.78. The second-order valence-electron chi connectivity index (χ2n) is 4.03. The lowest BCUT2D eigenvalue weighted by Gasteiger charge is -2.02. The van der Waals surface area contributed by atoms with Crippen molar-refractivity contribution >= 4 is 5.78 Å². The largest absolute Gasteiger partial charge is 0.508 e. The summed E-state index contributed by atoms with van der Waals surface area (Å²) in [5, 5.41) is 9.24. The second-order valence-corrected chi connectivity index (χ2v) is 4.03. The molecule has 0 aliphatic carbocycles. The molecule has 0 atom stereocenters. The number of ketones is 1. The minimum atomic E-state index is -0.0388. The number of carbonyl (C=O) groups excluding carboxylic acids is 1. The summed E-state index contributed by atoms with van der Waals surface area (Å²) in [6.45, 7) is 3.38. The molecular formula is C13H14N2O2. The molecule has 1 aromatic carbocycles. The van der Waals surface area contributed by atoms with Gasteiger partial charge in [-0.25, -0.2) is 4.98 Å². The summed E-state index contributed by atoms with van der Waals surface area (Å²) in [6.07, 6.45) is 0. The number of Topliss-reactive ketones (excluding diaryl/α,β-unsaturated/α-hetero) is 1. The first kappa shape index (κ1) is 11.4. The number of nitrogens with zero attached hydrogens (tertiary/aromatic N) is 2. The monoisotopic (exact) mass is 230 g/mol. The molecule has 17 heavy (non-hydrogen) atoms. The van der Waals surface area contributed by atoms with Crippen molar-refractivity contribution in [3.63, 3.8) is 0 Å². The van der Waals surface area contributed by atoms with E-state index in [0.717, 1.165) is 17.1 Å². The number of benzene rings is 1. The molecule has 0 fully saturated rings. The van der Waals surface area contributed by atoms with Crippen LogP contribution in [0.3, 0.4) is 0 Å². The number of hydrogen-bond donors (Lipinski definition) is 1. The smallest absolute Gasteiger partial charge is 0.179 e. The van der Waals surface area contributed by atoms with Gasteiger partial charge in [-0.3, -0.25) is 4.79 Å². The Labute approximate surface area is 99.5 Å². The van der Waals surface area contributed by atoms with Crippen molar-refractivity contribution in [2.45, 2.75) is 13.8 Å². The molecule has 0 amide bonds. The normalized spacial score (nSPS) is 10.5. The van der Waals surface area contributed by atoms with Gasteiger partial charge in [-0.2, -0.15) is 0 Å². The van der Waals surface area contributed by atoms with E-state index in [2.05, 4.69) is 4.98 Å². The Kier molecular flexibility index (Phi) is 2.71. The third-order valence-corrected chi connectivity index (χ3v) is 2.84. The Morgan fingerprint density at radius 3 is 2.35 bits per heavy atom. The standard InChI is InChI=1S/C13H14N2O2/c1-8-12(9(2)16)14-13(15(8)3)10-4-6-11(17)7-5-10/h4-7,17H,1-3H3. The first-order valence-electron chi connectivity index (χ1n) is 5.34. The number of hydrogen-bond acceptors (Lipinski definition) is 3. The van der Waals surface area contributed by atoms with E-state index in [-0.39, 0.29) is 11.5 Å². The van der Waals surface area contributed by atoms with Gasteiger partial charge in [0.25, 0.3) is 0 Å². The number of rotatable bonds is 2. The molecule has 0 aliphatic rings. The molecule has 2 aromatic rings. The van der Waals surface area contributed by atoms with Crippen molar-refractivity contribution in [2.24, 2.45) is 7.05 Å². The van der Waals surface area contributed by atoms with Gasteiger partial charge < -0.3 is 9.67 Å². The molecule has 1 heterocycles. The van der Waals surface area contributed by atoms with Crippen LogP contribution in [0.4, 0.5) is 0 Å². The average Bonchev–Trinajstić information content (AvgIpc) is 2.58. The number of carbonyl (C=O) groups is 1. The van der Waals surface area contributed by atoms with Crippen LogP contribution in [-0.2, 0) is 7.05 Å². The molecule has 0 saturated carbocycles. The van der Waals surface area contributed by atoms with Gasteiger partial charge in [-0.05, 0) is 31.2 Å². The van der Waals surface area contributed by atoms with Crippen molar-refractivity contribution in [1.29, 1.82) is 0 Å². The molecular weight excluding hydrogens is 216 g/mol. The maximum absolute atomic E-state index is 11.4. The van der Waals surface area contributed by atoms with Crippen LogP contribution in [0, 0.1) is 6.92 Å². The lowest BCUT2D eigenvalue weighted by atomic mass is 10.2. The molecule has 4 nitrogen and oxygen atoms in total. The van der Waals surface area contributed by atoms with Gasteiger partial charge in [0.15, 0.2) is 5.78 Å². The molecule has 0 spiro atoms. The van der Waals surface area contributed by atoms with Crippen LogP contribution < -0.4 is 0 Å². The minimum absolute atomic E-state index is 0.0388. The van der Waals surface area contributed by atoms with E-state index in [4.69, 9.17) is 0 Å². The molecule has 0 saturated heterocycles. The van der Waals surface area contributed by atoms with Crippen LogP contribution in [0.1, 0.15) is 23.1 Å². The summed E-state index contributed by atoms with van der Waals surface area (Å²) in [4.78, 5) is 15.7. The molecule has 88 valence electrons. The number of imidazole rings is 1. The van der Waals surface area contributed by atoms with Crippen molar-refractivity contribution in [3.05, 3.63) is 35.7 Å². The summed E-state index contributed by atoms with van der Waals surface area (Å²) >= 11 is 0. The molecule has 0 aliphatic heterocycles. The molecule has 4 heteroatoms. The average molecular weight is 230 g/mol. The Bertz CT molecular complexity index is 568. The Morgan fingerprint density at radius 2 is 1.88 bits per heavy atom. The topological polar surface area (TPSA) is 55.1 Å². The van der Waals surface area contributed by atoms with E-state index < -0.39 is 0 Å². The predicted octanol–water partition coefficient (Wildman–Crippen LogP) is 2.30. The quantitative estimate of drug-likeness (QED) is 0.805. The highest BCUT2D eigenvalue weighted by Crippen LogP contribution is 2.23. The van der Waals surface area contributed by atoms with Crippen molar-refractivity contribution in [1.82, 2.24) is 9.55 Å². The van der Waals surface area contributed by atoms with Gasteiger partial charge in [0.2, 0.25) is 0 Å². The summed E-state index contributed by atoms with van der Waals surface area (Å²) in [5.41, 5.74) is 2.22. The Hall–Kier alpha value is -2.10. The fourth-order valence-electron chi connectivity index (χ4n) is 1.78.